The van der Waals surface area contributed by atoms with E-state index in [0.717, 1.165) is 18.2 Å². The first-order valence-corrected chi connectivity index (χ1v) is 7.62. The molecule has 1 aromatic carbocycles. The van der Waals surface area contributed by atoms with E-state index in [0.29, 0.717) is 5.76 Å². The summed E-state index contributed by atoms with van der Waals surface area (Å²) in [5, 5.41) is 2.53. The number of furan rings is 1. The average molecular weight is 367 g/mol. The molecule has 1 aromatic heterocycles. The van der Waals surface area contributed by atoms with Crippen molar-refractivity contribution in [2.24, 2.45) is 0 Å². The Kier molecular flexibility index (Phi) is 6.21. The SMILES string of the molecule is C[C@H](OC(=O)/C=C/c1cccc(C(F)(F)F)c1)C(=O)NCc1ccco1. The molecule has 8 heteroatoms. The molecule has 0 spiro atoms. The Morgan fingerprint density at radius 3 is 2.69 bits per heavy atom. The molecule has 26 heavy (non-hydrogen) atoms. The number of carbonyl (C=O) groups is 2. The zero-order valence-electron chi connectivity index (χ0n) is 13.7. The van der Waals surface area contributed by atoms with E-state index in [1.54, 1.807) is 12.1 Å². The topological polar surface area (TPSA) is 68.5 Å². The quantitative estimate of drug-likeness (QED) is 0.626. The van der Waals surface area contributed by atoms with Gasteiger partial charge in [0.2, 0.25) is 0 Å². The Hall–Kier alpha value is -3.03. The molecule has 1 heterocycles. The summed E-state index contributed by atoms with van der Waals surface area (Å²) in [6.45, 7) is 1.53. The Morgan fingerprint density at radius 1 is 1.27 bits per heavy atom. The molecule has 0 aliphatic rings. The van der Waals surface area contributed by atoms with E-state index in [4.69, 9.17) is 9.15 Å². The van der Waals surface area contributed by atoms with Crippen molar-refractivity contribution in [1.82, 2.24) is 5.32 Å². The van der Waals surface area contributed by atoms with Crippen LogP contribution < -0.4 is 5.32 Å². The second kappa shape index (κ2) is 8.37. The van der Waals surface area contributed by atoms with E-state index in [-0.39, 0.29) is 12.1 Å². The predicted octanol–water partition coefficient (Wildman–Crippen LogP) is 3.56. The van der Waals surface area contributed by atoms with Gasteiger partial charge in [-0.25, -0.2) is 4.79 Å². The molecule has 1 atom stereocenters. The minimum absolute atomic E-state index is 0.147. The van der Waals surface area contributed by atoms with Crippen molar-refractivity contribution in [3.63, 3.8) is 0 Å². The number of nitrogens with one attached hydrogen (secondary N) is 1. The summed E-state index contributed by atoms with van der Waals surface area (Å²) in [6, 6.07) is 7.83. The van der Waals surface area contributed by atoms with Gasteiger partial charge in [-0.05, 0) is 42.8 Å². The molecule has 0 aliphatic heterocycles. The van der Waals surface area contributed by atoms with Crippen LogP contribution in [0.25, 0.3) is 6.08 Å². The van der Waals surface area contributed by atoms with Crippen molar-refractivity contribution in [2.75, 3.05) is 0 Å². The monoisotopic (exact) mass is 367 g/mol. The predicted molar refractivity (Wildman–Crippen MR) is 86.6 cm³/mol. The molecule has 0 saturated carbocycles. The lowest BCUT2D eigenvalue weighted by Crippen LogP contribution is -2.35. The second-order valence-corrected chi connectivity index (χ2v) is 5.33. The van der Waals surface area contributed by atoms with Crippen LogP contribution in [0.3, 0.4) is 0 Å². The number of ether oxygens (including phenoxy) is 1. The van der Waals surface area contributed by atoms with Crippen LogP contribution in [-0.4, -0.2) is 18.0 Å². The Balaban J connectivity index is 1.87. The summed E-state index contributed by atoms with van der Waals surface area (Å²) in [5.74, 6) is -0.827. The standard InChI is InChI=1S/C18H16F3NO4/c1-12(17(24)22-11-15-6-3-9-25-15)26-16(23)8-7-13-4-2-5-14(10-13)18(19,20)21/h2-10,12H,11H2,1H3,(H,22,24)/b8-7+/t12-/m0/s1. The van der Waals surface area contributed by atoms with Crippen molar-refractivity contribution in [3.8, 4) is 0 Å². The molecule has 138 valence electrons. The summed E-state index contributed by atoms with van der Waals surface area (Å²) < 4.78 is 47.9. The van der Waals surface area contributed by atoms with E-state index in [9.17, 15) is 22.8 Å². The highest BCUT2D eigenvalue weighted by atomic mass is 19.4. The van der Waals surface area contributed by atoms with Gasteiger partial charge in [-0.1, -0.05) is 12.1 Å². The third kappa shape index (κ3) is 5.80. The van der Waals surface area contributed by atoms with Gasteiger partial charge in [0.25, 0.3) is 5.91 Å². The van der Waals surface area contributed by atoms with E-state index >= 15 is 0 Å². The minimum atomic E-state index is -4.47. The third-order valence-corrected chi connectivity index (χ3v) is 3.30. The minimum Gasteiger partial charge on any atom is -0.467 e. The van der Waals surface area contributed by atoms with Crippen LogP contribution in [-0.2, 0) is 27.0 Å². The van der Waals surface area contributed by atoms with Gasteiger partial charge in [0.1, 0.15) is 5.76 Å². The van der Waals surface area contributed by atoms with Gasteiger partial charge in [0, 0.05) is 6.08 Å². The van der Waals surface area contributed by atoms with Crippen molar-refractivity contribution < 1.29 is 31.9 Å². The second-order valence-electron chi connectivity index (χ2n) is 5.33. The molecule has 2 rings (SSSR count). The summed E-state index contributed by atoms with van der Waals surface area (Å²) in [5.41, 5.74) is -0.634. The molecule has 2 aromatic rings. The summed E-state index contributed by atoms with van der Waals surface area (Å²) in [6.07, 6.45) is -1.92. The van der Waals surface area contributed by atoms with Crippen LogP contribution in [0.2, 0.25) is 0 Å². The summed E-state index contributed by atoms with van der Waals surface area (Å²) in [7, 11) is 0. The first-order chi connectivity index (χ1) is 12.3. The lowest BCUT2D eigenvalue weighted by atomic mass is 10.1. The van der Waals surface area contributed by atoms with E-state index in [1.807, 2.05) is 0 Å². The highest BCUT2D eigenvalue weighted by molar-refractivity contribution is 5.90. The number of esters is 1. The van der Waals surface area contributed by atoms with Crippen LogP contribution in [0, 0.1) is 0 Å². The maximum Gasteiger partial charge on any atom is 0.416 e. The number of benzene rings is 1. The largest absolute Gasteiger partial charge is 0.467 e. The number of halogens is 3. The van der Waals surface area contributed by atoms with Crippen LogP contribution in [0.1, 0.15) is 23.8 Å². The van der Waals surface area contributed by atoms with Crippen LogP contribution in [0.5, 0.6) is 0 Å². The highest BCUT2D eigenvalue weighted by Crippen LogP contribution is 2.29. The van der Waals surface area contributed by atoms with Gasteiger partial charge in [0.15, 0.2) is 6.10 Å². The van der Waals surface area contributed by atoms with E-state index in [2.05, 4.69) is 5.32 Å². The maximum atomic E-state index is 12.6. The smallest absolute Gasteiger partial charge is 0.416 e. The lowest BCUT2D eigenvalue weighted by Gasteiger charge is -2.11. The van der Waals surface area contributed by atoms with Crippen LogP contribution >= 0.6 is 0 Å². The fourth-order valence-corrected chi connectivity index (χ4v) is 1.98. The van der Waals surface area contributed by atoms with Gasteiger partial charge in [-0.3, -0.25) is 4.79 Å². The van der Waals surface area contributed by atoms with Gasteiger partial charge < -0.3 is 14.5 Å². The number of hydrogen-bond donors (Lipinski definition) is 1. The van der Waals surface area contributed by atoms with Crippen molar-refractivity contribution >= 4 is 18.0 Å². The van der Waals surface area contributed by atoms with E-state index < -0.39 is 29.7 Å². The Bertz CT molecular complexity index is 782. The average Bonchev–Trinajstić information content (AvgIpc) is 3.11. The molecule has 0 aliphatic carbocycles. The van der Waals surface area contributed by atoms with Gasteiger partial charge in [-0.2, -0.15) is 13.2 Å². The number of rotatable bonds is 6. The van der Waals surface area contributed by atoms with Crippen molar-refractivity contribution in [1.29, 1.82) is 0 Å². The lowest BCUT2D eigenvalue weighted by molar-refractivity contribution is -0.150. The fraction of sp³-hybridized carbons (Fsp3) is 0.222. The van der Waals surface area contributed by atoms with Crippen LogP contribution in [0.4, 0.5) is 13.2 Å². The molecule has 0 saturated heterocycles. The van der Waals surface area contributed by atoms with Gasteiger partial charge in [-0.15, -0.1) is 0 Å². The number of hydrogen-bond acceptors (Lipinski definition) is 4. The number of carbonyl (C=O) groups excluding carboxylic acids is 2. The normalized spacial score (nSPS) is 12.8. The van der Waals surface area contributed by atoms with Crippen molar-refractivity contribution in [2.45, 2.75) is 25.7 Å². The molecule has 0 bridgehead atoms. The molecule has 0 unspecified atom stereocenters. The first-order valence-electron chi connectivity index (χ1n) is 7.62. The zero-order chi connectivity index (χ0) is 19.2. The Labute approximate surface area is 147 Å². The van der Waals surface area contributed by atoms with Gasteiger partial charge >= 0.3 is 12.1 Å². The number of alkyl halides is 3. The highest BCUT2D eigenvalue weighted by Gasteiger charge is 2.30. The molecule has 0 radical (unpaired) electrons. The fourth-order valence-electron chi connectivity index (χ4n) is 1.98. The van der Waals surface area contributed by atoms with Gasteiger partial charge in [0.05, 0.1) is 18.4 Å². The third-order valence-electron chi connectivity index (χ3n) is 3.30. The molecular weight excluding hydrogens is 351 g/mol. The maximum absolute atomic E-state index is 12.6. The molecular formula is C18H16F3NO4. The zero-order valence-corrected chi connectivity index (χ0v) is 13.7. The van der Waals surface area contributed by atoms with E-state index in [1.165, 1.54) is 31.4 Å². The number of amides is 1. The molecule has 1 amide bonds. The molecule has 1 N–H and O–H groups in total. The first kappa shape index (κ1) is 19.3. The van der Waals surface area contributed by atoms with Crippen molar-refractivity contribution in [3.05, 3.63) is 65.6 Å². The summed E-state index contributed by atoms with van der Waals surface area (Å²) in [4.78, 5) is 23.5. The molecule has 0 fully saturated rings. The molecule has 5 nitrogen and oxygen atoms in total. The summed E-state index contributed by atoms with van der Waals surface area (Å²) >= 11 is 0. The Morgan fingerprint density at radius 2 is 2.04 bits per heavy atom. The van der Waals surface area contributed by atoms with Crippen LogP contribution in [0.15, 0.2) is 53.2 Å².